The van der Waals surface area contributed by atoms with E-state index in [2.05, 4.69) is 61.9 Å². The molecule has 5 rings (SSSR count). The summed E-state index contributed by atoms with van der Waals surface area (Å²) in [5.74, 6) is 2.63. The van der Waals surface area contributed by atoms with Crippen molar-refractivity contribution >= 4 is 43.3 Å². The number of hydrogen-bond acceptors (Lipinski definition) is 7. The van der Waals surface area contributed by atoms with E-state index in [1.165, 1.54) is 5.56 Å². The molecule has 0 fully saturated rings. The summed E-state index contributed by atoms with van der Waals surface area (Å²) in [4.78, 5) is 9.18. The minimum Gasteiger partial charge on any atom is -0.493 e. The molecule has 0 bridgehead atoms. The molecule has 6 nitrogen and oxygen atoms in total. The molecule has 7 heteroatoms. The highest BCUT2D eigenvalue weighted by Gasteiger charge is 2.15. The maximum atomic E-state index is 6.28. The van der Waals surface area contributed by atoms with Gasteiger partial charge in [-0.15, -0.1) is 0 Å². The lowest BCUT2D eigenvalue weighted by atomic mass is 9.86. The van der Waals surface area contributed by atoms with Gasteiger partial charge in [0.15, 0.2) is 16.6 Å². The van der Waals surface area contributed by atoms with Crippen molar-refractivity contribution in [3.8, 4) is 23.0 Å². The quantitative estimate of drug-likeness (QED) is 0.239. The van der Waals surface area contributed by atoms with E-state index >= 15 is 0 Å². The third-order valence-corrected chi connectivity index (χ3v) is 7.09. The normalized spacial score (nSPS) is 11.5. The van der Waals surface area contributed by atoms with Crippen LogP contribution >= 0.6 is 11.3 Å². The Bertz CT molecular complexity index is 1600. The SMILES string of the molecule is C=C(Nc1nc2ccc(Oc3ccnc4cc(OC)c(OC)cc34)cc2s1)c1ccc(C(C)(C)C)cc1. The van der Waals surface area contributed by atoms with E-state index in [1.54, 1.807) is 31.8 Å². The number of methoxy groups -OCH3 is 2. The largest absolute Gasteiger partial charge is 0.493 e. The molecule has 0 spiro atoms. The van der Waals surface area contributed by atoms with Crippen LogP contribution in [-0.4, -0.2) is 24.2 Å². The summed E-state index contributed by atoms with van der Waals surface area (Å²) in [6, 6.07) is 19.9. The molecule has 0 aliphatic rings. The van der Waals surface area contributed by atoms with Gasteiger partial charge in [0.25, 0.3) is 0 Å². The second-order valence-electron chi connectivity index (χ2n) is 9.71. The van der Waals surface area contributed by atoms with Crippen LogP contribution in [0.25, 0.3) is 26.8 Å². The number of ether oxygens (including phenoxy) is 3. The summed E-state index contributed by atoms with van der Waals surface area (Å²) < 4.78 is 18.2. The van der Waals surface area contributed by atoms with Gasteiger partial charge in [-0.3, -0.25) is 4.98 Å². The topological polar surface area (TPSA) is 65.5 Å². The van der Waals surface area contributed by atoms with Gasteiger partial charge in [0.2, 0.25) is 0 Å². The lowest BCUT2D eigenvalue weighted by molar-refractivity contribution is 0.355. The highest BCUT2D eigenvalue weighted by Crippen LogP contribution is 2.38. The minimum atomic E-state index is 0.113. The third-order valence-electron chi connectivity index (χ3n) is 6.15. The standard InChI is InChI=1S/C30H29N3O3S/c1-18(19-7-9-20(10-8-19)30(2,3)4)32-29-33-23-12-11-21(15-28(23)37-29)36-25-13-14-31-24-17-27(35-6)26(34-5)16-22(24)25/h7-17H,1H2,2-6H3,(H,32,33). The average Bonchev–Trinajstić information content (AvgIpc) is 3.29. The van der Waals surface area contributed by atoms with Crippen LogP contribution in [0.4, 0.5) is 5.13 Å². The molecule has 0 amide bonds. The van der Waals surface area contributed by atoms with Gasteiger partial charge in [0, 0.05) is 29.4 Å². The van der Waals surface area contributed by atoms with Crippen LogP contribution in [0.1, 0.15) is 31.9 Å². The zero-order chi connectivity index (χ0) is 26.2. The number of fused-ring (bicyclic) bond motifs is 2. The number of nitrogens with zero attached hydrogens (tertiary/aromatic N) is 2. The van der Waals surface area contributed by atoms with Crippen molar-refractivity contribution in [3.63, 3.8) is 0 Å². The van der Waals surface area contributed by atoms with E-state index in [-0.39, 0.29) is 5.41 Å². The number of aromatic nitrogens is 2. The summed E-state index contributed by atoms with van der Waals surface area (Å²) in [6.07, 6.45) is 1.72. The molecule has 0 saturated heterocycles. The molecule has 1 N–H and O–H groups in total. The molecule has 37 heavy (non-hydrogen) atoms. The van der Waals surface area contributed by atoms with E-state index in [0.717, 1.165) is 37.5 Å². The first-order chi connectivity index (χ1) is 17.7. The fourth-order valence-electron chi connectivity index (χ4n) is 4.06. The fourth-order valence-corrected chi connectivity index (χ4v) is 4.98. The lowest BCUT2D eigenvalue weighted by Crippen LogP contribution is -2.10. The summed E-state index contributed by atoms with van der Waals surface area (Å²) in [5, 5.41) is 4.98. The van der Waals surface area contributed by atoms with Gasteiger partial charge in [0.1, 0.15) is 11.5 Å². The Kier molecular flexibility index (Phi) is 6.48. The molecule has 3 aromatic carbocycles. The molecular weight excluding hydrogens is 482 g/mol. The first kappa shape index (κ1) is 24.6. The van der Waals surface area contributed by atoms with Gasteiger partial charge in [-0.25, -0.2) is 4.98 Å². The van der Waals surface area contributed by atoms with Crippen molar-refractivity contribution in [1.82, 2.24) is 9.97 Å². The Hall–Kier alpha value is -4.10. The predicted octanol–water partition coefficient (Wildman–Crippen LogP) is 8.03. The number of pyridine rings is 1. The molecule has 2 aromatic heterocycles. The van der Waals surface area contributed by atoms with E-state index in [9.17, 15) is 0 Å². The molecule has 0 saturated carbocycles. The zero-order valence-electron chi connectivity index (χ0n) is 21.6. The molecule has 188 valence electrons. The number of nitrogens with one attached hydrogen (secondary N) is 1. The van der Waals surface area contributed by atoms with Crippen LogP contribution in [0.3, 0.4) is 0 Å². The fraction of sp³-hybridized carbons (Fsp3) is 0.200. The van der Waals surface area contributed by atoms with Crippen LogP contribution < -0.4 is 19.5 Å². The van der Waals surface area contributed by atoms with Crippen molar-refractivity contribution in [2.45, 2.75) is 26.2 Å². The molecule has 0 atom stereocenters. The Balaban J connectivity index is 1.37. The minimum absolute atomic E-state index is 0.113. The van der Waals surface area contributed by atoms with E-state index in [1.807, 2.05) is 36.4 Å². The average molecular weight is 512 g/mol. The Labute approximate surface area is 220 Å². The summed E-state index contributed by atoms with van der Waals surface area (Å²) in [5.41, 5.74) is 4.89. The van der Waals surface area contributed by atoms with Crippen molar-refractivity contribution in [1.29, 1.82) is 0 Å². The van der Waals surface area contributed by atoms with Crippen LogP contribution in [0.15, 0.2) is 73.4 Å². The van der Waals surface area contributed by atoms with Crippen molar-refractivity contribution in [2.24, 2.45) is 0 Å². The third kappa shape index (κ3) is 5.08. The molecule has 5 aromatic rings. The van der Waals surface area contributed by atoms with Gasteiger partial charge in [-0.2, -0.15) is 0 Å². The summed E-state index contributed by atoms with van der Waals surface area (Å²) >= 11 is 1.56. The van der Waals surface area contributed by atoms with E-state index in [4.69, 9.17) is 19.2 Å². The molecule has 0 radical (unpaired) electrons. The number of hydrogen-bond donors (Lipinski definition) is 1. The van der Waals surface area contributed by atoms with E-state index in [0.29, 0.717) is 23.0 Å². The van der Waals surface area contributed by atoms with Crippen LogP contribution in [0.5, 0.6) is 23.0 Å². The second-order valence-corrected chi connectivity index (χ2v) is 10.7. The van der Waals surface area contributed by atoms with Gasteiger partial charge in [-0.05, 0) is 40.8 Å². The molecule has 2 heterocycles. The van der Waals surface area contributed by atoms with Gasteiger partial charge >= 0.3 is 0 Å². The highest BCUT2D eigenvalue weighted by atomic mass is 32.1. The second kappa shape index (κ2) is 9.75. The maximum absolute atomic E-state index is 6.28. The first-order valence-electron chi connectivity index (χ1n) is 11.9. The highest BCUT2D eigenvalue weighted by molar-refractivity contribution is 7.22. The van der Waals surface area contributed by atoms with Crippen molar-refractivity contribution in [3.05, 3.63) is 84.6 Å². The lowest BCUT2D eigenvalue weighted by Gasteiger charge is -2.19. The predicted molar refractivity (Wildman–Crippen MR) is 152 cm³/mol. The number of benzene rings is 3. The number of anilines is 1. The maximum Gasteiger partial charge on any atom is 0.188 e. The zero-order valence-corrected chi connectivity index (χ0v) is 22.4. The molecule has 0 aliphatic carbocycles. The number of rotatable bonds is 7. The van der Waals surface area contributed by atoms with Crippen LogP contribution in [-0.2, 0) is 5.41 Å². The molecule has 0 unspecified atom stereocenters. The van der Waals surface area contributed by atoms with Crippen molar-refractivity contribution in [2.75, 3.05) is 19.5 Å². The smallest absolute Gasteiger partial charge is 0.188 e. The number of thiazole rings is 1. The summed E-state index contributed by atoms with van der Waals surface area (Å²) in [7, 11) is 3.22. The van der Waals surface area contributed by atoms with E-state index < -0.39 is 0 Å². The Morgan fingerprint density at radius 1 is 0.865 bits per heavy atom. The van der Waals surface area contributed by atoms with Gasteiger partial charge < -0.3 is 19.5 Å². The van der Waals surface area contributed by atoms with Crippen LogP contribution in [0.2, 0.25) is 0 Å². The summed E-state index contributed by atoms with van der Waals surface area (Å²) in [6.45, 7) is 10.8. The van der Waals surface area contributed by atoms with Crippen LogP contribution in [0, 0.1) is 0 Å². The van der Waals surface area contributed by atoms with Gasteiger partial charge in [0.05, 0.1) is 30.0 Å². The molecule has 0 aliphatic heterocycles. The Morgan fingerprint density at radius 3 is 2.30 bits per heavy atom. The first-order valence-corrected chi connectivity index (χ1v) is 12.7. The van der Waals surface area contributed by atoms with Crippen molar-refractivity contribution < 1.29 is 14.2 Å². The monoisotopic (exact) mass is 511 g/mol. The van der Waals surface area contributed by atoms with Gasteiger partial charge in [-0.1, -0.05) is 63.0 Å². The Morgan fingerprint density at radius 2 is 1.59 bits per heavy atom. The molecular formula is C30H29N3O3S.